The largest absolute Gasteiger partial charge is 0.409 e. The molecular weight excluding hydrogens is 238 g/mol. The van der Waals surface area contributed by atoms with Gasteiger partial charge in [0, 0.05) is 12.1 Å². The normalized spacial score (nSPS) is 18.3. The van der Waals surface area contributed by atoms with E-state index in [2.05, 4.69) is 23.0 Å². The standard InChI is InChI=1S/C15H23N3O/c1-12-10-13(15(16)17-19)6-7-14(12)11-18-8-4-2-3-5-9-18/h6-7,10,19H,2-5,8-9,11H2,1H3,(H2,16,17). The number of hydrogen-bond donors (Lipinski definition) is 2. The first-order valence-corrected chi connectivity index (χ1v) is 7.00. The molecule has 1 fully saturated rings. The molecule has 0 radical (unpaired) electrons. The molecule has 1 saturated heterocycles. The molecule has 1 aliphatic rings. The molecule has 1 aliphatic heterocycles. The second kappa shape index (κ2) is 6.57. The third kappa shape index (κ3) is 3.70. The Kier molecular flexibility index (Phi) is 4.80. The van der Waals surface area contributed by atoms with Crippen LogP contribution in [0, 0.1) is 6.92 Å². The Hall–Kier alpha value is -1.55. The van der Waals surface area contributed by atoms with Gasteiger partial charge in [-0.05, 0) is 50.0 Å². The van der Waals surface area contributed by atoms with Crippen molar-refractivity contribution in [2.24, 2.45) is 10.9 Å². The van der Waals surface area contributed by atoms with Gasteiger partial charge in [0.05, 0.1) is 0 Å². The number of likely N-dealkylation sites (tertiary alicyclic amines) is 1. The molecule has 0 amide bonds. The van der Waals surface area contributed by atoms with Crippen molar-refractivity contribution in [3.63, 3.8) is 0 Å². The van der Waals surface area contributed by atoms with Crippen LogP contribution in [0.15, 0.2) is 23.4 Å². The molecule has 0 aliphatic carbocycles. The van der Waals surface area contributed by atoms with Gasteiger partial charge in [-0.25, -0.2) is 0 Å². The van der Waals surface area contributed by atoms with Crippen molar-refractivity contribution < 1.29 is 5.21 Å². The Morgan fingerprint density at radius 3 is 2.53 bits per heavy atom. The fourth-order valence-electron chi connectivity index (χ4n) is 2.63. The van der Waals surface area contributed by atoms with E-state index >= 15 is 0 Å². The highest BCUT2D eigenvalue weighted by Crippen LogP contribution is 2.17. The maximum atomic E-state index is 8.70. The molecule has 0 saturated carbocycles. The van der Waals surface area contributed by atoms with Crippen LogP contribution in [0.2, 0.25) is 0 Å². The summed E-state index contributed by atoms with van der Waals surface area (Å²) in [6.07, 6.45) is 5.33. The first-order chi connectivity index (χ1) is 9.20. The van der Waals surface area contributed by atoms with Crippen molar-refractivity contribution in [2.45, 2.75) is 39.2 Å². The Morgan fingerprint density at radius 1 is 1.26 bits per heavy atom. The summed E-state index contributed by atoms with van der Waals surface area (Å²) in [6, 6.07) is 6.00. The zero-order valence-electron chi connectivity index (χ0n) is 11.6. The topological polar surface area (TPSA) is 61.9 Å². The van der Waals surface area contributed by atoms with Crippen LogP contribution in [0.1, 0.15) is 42.4 Å². The summed E-state index contributed by atoms with van der Waals surface area (Å²) in [6.45, 7) is 5.48. The van der Waals surface area contributed by atoms with Gasteiger partial charge >= 0.3 is 0 Å². The van der Waals surface area contributed by atoms with Crippen molar-refractivity contribution in [2.75, 3.05) is 13.1 Å². The van der Waals surface area contributed by atoms with Crippen molar-refractivity contribution in [3.8, 4) is 0 Å². The van der Waals surface area contributed by atoms with Crippen LogP contribution in [0.5, 0.6) is 0 Å². The van der Waals surface area contributed by atoms with E-state index < -0.39 is 0 Å². The Balaban J connectivity index is 2.08. The second-order valence-corrected chi connectivity index (χ2v) is 5.32. The highest BCUT2D eigenvalue weighted by Gasteiger charge is 2.11. The Morgan fingerprint density at radius 2 is 1.95 bits per heavy atom. The maximum Gasteiger partial charge on any atom is 0.170 e. The summed E-state index contributed by atoms with van der Waals surface area (Å²) in [7, 11) is 0. The van der Waals surface area contributed by atoms with E-state index in [1.807, 2.05) is 12.1 Å². The van der Waals surface area contributed by atoms with Gasteiger partial charge in [-0.1, -0.05) is 30.1 Å². The van der Waals surface area contributed by atoms with Gasteiger partial charge in [0.2, 0.25) is 0 Å². The lowest BCUT2D eigenvalue weighted by molar-refractivity contribution is 0.276. The molecule has 1 aromatic carbocycles. The molecule has 3 N–H and O–H groups in total. The third-order valence-electron chi connectivity index (χ3n) is 3.84. The molecule has 2 rings (SSSR count). The molecule has 0 spiro atoms. The van der Waals surface area contributed by atoms with Gasteiger partial charge in [0.1, 0.15) is 0 Å². The van der Waals surface area contributed by atoms with E-state index in [9.17, 15) is 0 Å². The predicted octanol–water partition coefficient (Wildman–Crippen LogP) is 2.47. The van der Waals surface area contributed by atoms with Crippen LogP contribution < -0.4 is 5.73 Å². The molecule has 19 heavy (non-hydrogen) atoms. The smallest absolute Gasteiger partial charge is 0.170 e. The molecule has 104 valence electrons. The quantitative estimate of drug-likeness (QED) is 0.380. The van der Waals surface area contributed by atoms with Crippen LogP contribution in [0.3, 0.4) is 0 Å². The number of hydrogen-bond acceptors (Lipinski definition) is 3. The Bertz CT molecular complexity index is 449. The van der Waals surface area contributed by atoms with Crippen LogP contribution in [0.25, 0.3) is 0 Å². The average Bonchev–Trinajstić information content (AvgIpc) is 2.68. The SMILES string of the molecule is Cc1cc(/C(N)=N/O)ccc1CN1CCCCCC1. The molecule has 1 heterocycles. The summed E-state index contributed by atoms with van der Waals surface area (Å²) in [5.41, 5.74) is 8.92. The van der Waals surface area contributed by atoms with Gasteiger partial charge in [-0.15, -0.1) is 0 Å². The van der Waals surface area contributed by atoms with Crippen molar-refractivity contribution in [3.05, 3.63) is 34.9 Å². The summed E-state index contributed by atoms with van der Waals surface area (Å²) < 4.78 is 0. The minimum absolute atomic E-state index is 0.171. The fraction of sp³-hybridized carbons (Fsp3) is 0.533. The van der Waals surface area contributed by atoms with Gasteiger partial charge < -0.3 is 10.9 Å². The zero-order chi connectivity index (χ0) is 13.7. The average molecular weight is 261 g/mol. The highest BCUT2D eigenvalue weighted by molar-refractivity contribution is 5.97. The minimum atomic E-state index is 0.171. The Labute approximate surface area is 114 Å². The molecule has 0 aromatic heterocycles. The van der Waals surface area contributed by atoms with Crippen molar-refractivity contribution in [1.29, 1.82) is 0 Å². The monoisotopic (exact) mass is 261 g/mol. The van der Waals surface area contributed by atoms with Gasteiger partial charge in [-0.3, -0.25) is 4.90 Å². The van der Waals surface area contributed by atoms with E-state index in [1.165, 1.54) is 49.9 Å². The van der Waals surface area contributed by atoms with E-state index in [0.29, 0.717) is 0 Å². The number of oxime groups is 1. The lowest BCUT2D eigenvalue weighted by Gasteiger charge is -2.21. The number of benzene rings is 1. The van der Waals surface area contributed by atoms with Crippen LogP contribution in [-0.2, 0) is 6.54 Å². The molecular formula is C15H23N3O. The summed E-state index contributed by atoms with van der Waals surface area (Å²) in [5.74, 6) is 0.171. The van der Waals surface area contributed by atoms with Crippen molar-refractivity contribution in [1.82, 2.24) is 4.90 Å². The fourth-order valence-corrected chi connectivity index (χ4v) is 2.63. The first-order valence-electron chi connectivity index (χ1n) is 7.00. The number of rotatable bonds is 3. The lowest BCUT2D eigenvalue weighted by atomic mass is 10.0. The molecule has 4 nitrogen and oxygen atoms in total. The van der Waals surface area contributed by atoms with Crippen LogP contribution >= 0.6 is 0 Å². The van der Waals surface area contributed by atoms with Gasteiger partial charge in [0.25, 0.3) is 0 Å². The highest BCUT2D eigenvalue weighted by atomic mass is 16.4. The summed E-state index contributed by atoms with van der Waals surface area (Å²) >= 11 is 0. The summed E-state index contributed by atoms with van der Waals surface area (Å²) in [5, 5.41) is 11.7. The number of amidine groups is 1. The van der Waals surface area contributed by atoms with E-state index in [4.69, 9.17) is 10.9 Å². The maximum absolute atomic E-state index is 8.70. The zero-order valence-corrected chi connectivity index (χ0v) is 11.6. The van der Waals surface area contributed by atoms with Crippen LogP contribution in [-0.4, -0.2) is 29.0 Å². The lowest BCUT2D eigenvalue weighted by Crippen LogP contribution is -2.24. The predicted molar refractivity (Wildman–Crippen MR) is 77.4 cm³/mol. The van der Waals surface area contributed by atoms with E-state index in [1.54, 1.807) is 0 Å². The van der Waals surface area contributed by atoms with Gasteiger partial charge in [-0.2, -0.15) is 0 Å². The number of nitrogens with two attached hydrogens (primary N) is 1. The van der Waals surface area contributed by atoms with Crippen molar-refractivity contribution >= 4 is 5.84 Å². The molecule has 0 bridgehead atoms. The first kappa shape index (κ1) is 13.9. The molecule has 1 aromatic rings. The number of aryl methyl sites for hydroxylation is 1. The second-order valence-electron chi connectivity index (χ2n) is 5.32. The minimum Gasteiger partial charge on any atom is -0.409 e. The van der Waals surface area contributed by atoms with Gasteiger partial charge in [0.15, 0.2) is 5.84 Å². The number of nitrogens with zero attached hydrogens (tertiary/aromatic N) is 2. The molecule has 0 unspecified atom stereocenters. The third-order valence-corrected chi connectivity index (χ3v) is 3.84. The molecule has 4 heteroatoms. The van der Waals surface area contributed by atoms with E-state index in [0.717, 1.165) is 12.1 Å². The van der Waals surface area contributed by atoms with Crippen LogP contribution in [0.4, 0.5) is 0 Å². The summed E-state index contributed by atoms with van der Waals surface area (Å²) in [4.78, 5) is 2.53. The molecule has 0 atom stereocenters. The van der Waals surface area contributed by atoms with E-state index in [-0.39, 0.29) is 5.84 Å².